The first-order chi connectivity index (χ1) is 16.2. The molecule has 33 heavy (non-hydrogen) atoms. The van der Waals surface area contributed by atoms with Crippen LogP contribution in [0.5, 0.6) is 0 Å². The Morgan fingerprint density at radius 1 is 0.939 bits per heavy atom. The van der Waals surface area contributed by atoms with Gasteiger partial charge >= 0.3 is 0 Å². The molecular weight excluding hydrogens is 448 g/mol. The molecule has 0 aliphatic rings. The Kier molecular flexibility index (Phi) is 6.24. The lowest BCUT2D eigenvalue weighted by Crippen LogP contribution is -2.24. The Hall–Kier alpha value is -3.42. The highest BCUT2D eigenvalue weighted by Crippen LogP contribution is 2.35. The fourth-order valence-electron chi connectivity index (χ4n) is 3.59. The van der Waals surface area contributed by atoms with Crippen molar-refractivity contribution in [2.24, 2.45) is 0 Å². The van der Waals surface area contributed by atoms with Crippen molar-refractivity contribution in [3.05, 3.63) is 84.9 Å². The summed E-state index contributed by atoms with van der Waals surface area (Å²) in [6.07, 6.45) is 0.670. The summed E-state index contributed by atoms with van der Waals surface area (Å²) in [4.78, 5) is 25.9. The Labute approximate surface area is 200 Å². The topological polar surface area (TPSA) is 70.7 Å². The average Bonchev–Trinajstić information content (AvgIpc) is 3.47. The van der Waals surface area contributed by atoms with Gasteiger partial charge in [0.1, 0.15) is 0 Å². The molecule has 3 aromatic carbocycles. The van der Waals surface area contributed by atoms with Crippen molar-refractivity contribution in [3.8, 4) is 22.5 Å². The molecule has 0 spiro atoms. The lowest BCUT2D eigenvalue weighted by Gasteiger charge is -2.11. The summed E-state index contributed by atoms with van der Waals surface area (Å²) in [6, 6.07) is 28.1. The van der Waals surface area contributed by atoms with E-state index >= 15 is 0 Å². The first-order valence-electron chi connectivity index (χ1n) is 10.7. The Morgan fingerprint density at radius 2 is 1.61 bits per heavy atom. The van der Waals surface area contributed by atoms with Gasteiger partial charge in [0, 0.05) is 11.1 Å². The van der Waals surface area contributed by atoms with Crippen molar-refractivity contribution in [2.45, 2.75) is 23.8 Å². The fraction of sp³-hybridized carbons (Fsp3) is 0.115. The van der Waals surface area contributed by atoms with Crippen LogP contribution < -0.4 is 5.32 Å². The molecular formula is C26H22N4OS2. The highest BCUT2D eigenvalue weighted by Gasteiger charge is 2.23. The zero-order chi connectivity index (χ0) is 22.6. The van der Waals surface area contributed by atoms with Crippen molar-refractivity contribution in [3.63, 3.8) is 0 Å². The van der Waals surface area contributed by atoms with E-state index in [1.807, 2.05) is 79.7 Å². The maximum atomic E-state index is 13.0. The van der Waals surface area contributed by atoms with Crippen molar-refractivity contribution in [1.82, 2.24) is 15.0 Å². The third kappa shape index (κ3) is 4.69. The van der Waals surface area contributed by atoms with E-state index in [-0.39, 0.29) is 11.2 Å². The van der Waals surface area contributed by atoms with E-state index in [2.05, 4.69) is 27.4 Å². The molecule has 0 aliphatic heterocycles. The van der Waals surface area contributed by atoms with Gasteiger partial charge < -0.3 is 10.3 Å². The normalized spacial score (nSPS) is 12.0. The molecule has 5 aromatic rings. The lowest BCUT2D eigenvalue weighted by molar-refractivity contribution is -0.115. The van der Waals surface area contributed by atoms with Crippen LogP contribution >= 0.6 is 23.1 Å². The summed E-state index contributed by atoms with van der Waals surface area (Å²) in [5.74, 6) is -0.0690. The fourth-order valence-corrected chi connectivity index (χ4v) is 5.37. The van der Waals surface area contributed by atoms with E-state index in [0.29, 0.717) is 11.6 Å². The van der Waals surface area contributed by atoms with Crippen molar-refractivity contribution < 1.29 is 4.79 Å². The average molecular weight is 471 g/mol. The summed E-state index contributed by atoms with van der Waals surface area (Å²) in [7, 11) is 0. The number of hydrogen-bond donors (Lipinski definition) is 2. The van der Waals surface area contributed by atoms with E-state index in [9.17, 15) is 4.79 Å². The number of rotatable bonds is 7. The molecule has 0 radical (unpaired) electrons. The number of carbonyl (C=O) groups excluding carboxylic acids is 1. The monoisotopic (exact) mass is 470 g/mol. The summed E-state index contributed by atoms with van der Waals surface area (Å²) >= 11 is 2.93. The first kappa shape index (κ1) is 21.4. The number of nitrogens with one attached hydrogen (secondary N) is 2. The maximum Gasteiger partial charge on any atom is 0.239 e. The highest BCUT2D eigenvalue weighted by molar-refractivity contribution is 8.00. The van der Waals surface area contributed by atoms with Crippen molar-refractivity contribution in [1.29, 1.82) is 0 Å². The molecule has 0 aliphatic carbocycles. The number of carbonyl (C=O) groups is 1. The summed E-state index contributed by atoms with van der Waals surface area (Å²) < 4.78 is 1.06. The minimum absolute atomic E-state index is 0.0690. The Balaban J connectivity index is 1.41. The molecule has 0 saturated carbocycles. The van der Waals surface area contributed by atoms with Crippen LogP contribution in [0.25, 0.3) is 32.7 Å². The van der Waals surface area contributed by atoms with Crippen LogP contribution in [0, 0.1) is 0 Å². The molecule has 2 N–H and O–H groups in total. The number of H-pyrrole nitrogens is 1. The minimum Gasteiger partial charge on any atom is -0.332 e. The number of anilines is 1. The molecule has 5 nitrogen and oxygen atoms in total. The van der Waals surface area contributed by atoms with Gasteiger partial charge in [-0.25, -0.2) is 9.97 Å². The van der Waals surface area contributed by atoms with Gasteiger partial charge in [-0.15, -0.1) is 0 Å². The van der Waals surface area contributed by atoms with Gasteiger partial charge in [-0.05, 0) is 18.6 Å². The highest BCUT2D eigenvalue weighted by atomic mass is 32.2. The number of fused-ring (bicyclic) bond motifs is 1. The van der Waals surface area contributed by atoms with Gasteiger partial charge in [-0.2, -0.15) is 0 Å². The molecule has 7 heteroatoms. The predicted molar refractivity (Wildman–Crippen MR) is 138 cm³/mol. The molecule has 5 rings (SSSR count). The maximum absolute atomic E-state index is 13.0. The molecule has 164 valence electrons. The van der Waals surface area contributed by atoms with E-state index in [0.717, 1.165) is 37.9 Å². The molecule has 2 heterocycles. The van der Waals surface area contributed by atoms with Gasteiger partial charge in [0.15, 0.2) is 10.3 Å². The minimum atomic E-state index is -0.296. The predicted octanol–water partition coefficient (Wildman–Crippen LogP) is 6.86. The number of thioether (sulfide) groups is 1. The number of imidazole rings is 1. The van der Waals surface area contributed by atoms with Crippen LogP contribution in [-0.2, 0) is 4.79 Å². The number of aromatic amines is 1. The largest absolute Gasteiger partial charge is 0.332 e. The smallest absolute Gasteiger partial charge is 0.239 e. The van der Waals surface area contributed by atoms with Gasteiger partial charge in [0.05, 0.1) is 26.9 Å². The van der Waals surface area contributed by atoms with Crippen molar-refractivity contribution >= 4 is 44.4 Å². The zero-order valence-electron chi connectivity index (χ0n) is 18.0. The summed E-state index contributed by atoms with van der Waals surface area (Å²) in [6.45, 7) is 2.01. The van der Waals surface area contributed by atoms with E-state index in [1.54, 1.807) is 0 Å². The van der Waals surface area contributed by atoms with Crippen LogP contribution in [0.3, 0.4) is 0 Å². The number of benzene rings is 3. The van der Waals surface area contributed by atoms with Gasteiger partial charge in [0.25, 0.3) is 0 Å². The van der Waals surface area contributed by atoms with Gasteiger partial charge in [-0.3, -0.25) is 4.79 Å². The van der Waals surface area contributed by atoms with Gasteiger partial charge in [0.2, 0.25) is 5.91 Å². The summed E-state index contributed by atoms with van der Waals surface area (Å²) in [5, 5.41) is 4.04. The third-order valence-corrected chi connectivity index (χ3v) is 7.43. The van der Waals surface area contributed by atoms with Crippen LogP contribution in [0.15, 0.2) is 90.1 Å². The number of nitrogens with zero attached hydrogens (tertiary/aromatic N) is 2. The van der Waals surface area contributed by atoms with Crippen LogP contribution in [-0.4, -0.2) is 26.1 Å². The van der Waals surface area contributed by atoms with E-state index in [4.69, 9.17) is 4.98 Å². The van der Waals surface area contributed by atoms with Crippen LogP contribution in [0.4, 0.5) is 5.13 Å². The second kappa shape index (κ2) is 9.60. The molecule has 2 aromatic heterocycles. The SMILES string of the molecule is CCC(Sc1nc(-c2ccccc2)c(-c2ccccc2)[nH]1)C(=O)Nc1nc2ccccc2s1. The Morgan fingerprint density at radius 3 is 2.30 bits per heavy atom. The molecule has 0 bridgehead atoms. The lowest BCUT2D eigenvalue weighted by atomic mass is 10.1. The van der Waals surface area contributed by atoms with Gasteiger partial charge in [-0.1, -0.05) is 103 Å². The quantitative estimate of drug-likeness (QED) is 0.255. The summed E-state index contributed by atoms with van der Waals surface area (Å²) in [5.41, 5.74) is 4.81. The van der Waals surface area contributed by atoms with Crippen LogP contribution in [0.1, 0.15) is 13.3 Å². The molecule has 0 saturated heterocycles. The second-order valence-electron chi connectivity index (χ2n) is 7.49. The van der Waals surface area contributed by atoms with Crippen molar-refractivity contribution in [2.75, 3.05) is 5.32 Å². The standard InChI is InChI=1S/C26H22N4OS2/c1-2-20(24(31)30-25-27-19-15-9-10-16-21(19)33-25)32-26-28-22(17-11-5-3-6-12-17)23(29-26)18-13-7-4-8-14-18/h3-16,20H,2H2,1H3,(H,28,29)(H,27,30,31). The number of para-hydroxylation sites is 1. The number of aromatic nitrogens is 3. The number of amides is 1. The molecule has 1 atom stereocenters. The number of hydrogen-bond acceptors (Lipinski definition) is 5. The Bertz CT molecular complexity index is 1290. The molecule has 0 fully saturated rings. The molecule has 1 unspecified atom stereocenters. The second-order valence-corrected chi connectivity index (χ2v) is 9.71. The zero-order valence-corrected chi connectivity index (χ0v) is 19.6. The van der Waals surface area contributed by atoms with E-state index in [1.165, 1.54) is 23.1 Å². The number of thiazole rings is 1. The van der Waals surface area contributed by atoms with Crippen LogP contribution in [0.2, 0.25) is 0 Å². The third-order valence-electron chi connectivity index (χ3n) is 5.23. The van der Waals surface area contributed by atoms with E-state index < -0.39 is 0 Å². The molecule has 1 amide bonds. The first-order valence-corrected chi connectivity index (χ1v) is 12.4.